The fourth-order valence-corrected chi connectivity index (χ4v) is 4.94. The second-order valence-corrected chi connectivity index (χ2v) is 9.87. The topological polar surface area (TPSA) is 87.3 Å². The molecule has 164 valence electrons. The van der Waals surface area contributed by atoms with E-state index in [-0.39, 0.29) is 22.0 Å². The molecule has 0 atom stereocenters. The Labute approximate surface area is 193 Å². The average Bonchev–Trinajstić information content (AvgIpc) is 2.74. The molecule has 2 aromatic rings. The third kappa shape index (κ3) is 7.43. The van der Waals surface area contributed by atoms with Crippen molar-refractivity contribution in [1.82, 2.24) is 10.0 Å². The molecule has 6 nitrogen and oxygen atoms in total. The van der Waals surface area contributed by atoms with Gasteiger partial charge in [0, 0.05) is 22.8 Å². The van der Waals surface area contributed by atoms with E-state index in [0.717, 1.165) is 37.7 Å². The maximum Gasteiger partial charge on any atom is 0.250 e. The summed E-state index contributed by atoms with van der Waals surface area (Å²) in [7, 11) is -3.56. The molecule has 1 aliphatic carbocycles. The maximum atomic E-state index is 12.6. The molecule has 1 fully saturated rings. The standard InChI is InChI=1S/C22H24ClN3O3S2/c23-17-9-6-16(7-10-17)8-15-21(27)25-22(30)24-18-11-13-20(14-12-18)31(28,29)26-19-4-2-1-3-5-19/h6-15,19,26H,1-5H2,(H2,24,25,27,30)/b15-8+. The molecule has 0 radical (unpaired) electrons. The Balaban J connectivity index is 1.52. The molecule has 0 aromatic heterocycles. The van der Waals surface area contributed by atoms with Gasteiger partial charge in [0.05, 0.1) is 4.90 Å². The third-order valence-corrected chi connectivity index (χ3v) is 6.88. The molecule has 0 unspecified atom stereocenters. The normalized spacial score (nSPS) is 15.0. The van der Waals surface area contributed by atoms with Gasteiger partial charge in [-0.3, -0.25) is 10.1 Å². The highest BCUT2D eigenvalue weighted by molar-refractivity contribution is 7.89. The smallest absolute Gasteiger partial charge is 0.250 e. The Bertz CT molecular complexity index is 1050. The molecular formula is C22H24ClN3O3S2. The van der Waals surface area contributed by atoms with Gasteiger partial charge in [-0.2, -0.15) is 0 Å². The van der Waals surface area contributed by atoms with Crippen molar-refractivity contribution in [2.45, 2.75) is 43.0 Å². The van der Waals surface area contributed by atoms with E-state index in [1.165, 1.54) is 18.2 Å². The first-order chi connectivity index (χ1) is 14.8. The monoisotopic (exact) mass is 477 g/mol. The number of rotatable bonds is 6. The second-order valence-electron chi connectivity index (χ2n) is 7.31. The van der Waals surface area contributed by atoms with Crippen LogP contribution in [0.1, 0.15) is 37.7 Å². The first kappa shape index (κ1) is 23.4. The summed E-state index contributed by atoms with van der Waals surface area (Å²) >= 11 is 11.0. The van der Waals surface area contributed by atoms with Gasteiger partial charge in [-0.1, -0.05) is 43.0 Å². The fourth-order valence-electron chi connectivity index (χ4n) is 3.29. The average molecular weight is 478 g/mol. The van der Waals surface area contributed by atoms with Crippen LogP contribution in [0.2, 0.25) is 5.02 Å². The number of carbonyl (C=O) groups is 1. The van der Waals surface area contributed by atoms with Crippen molar-refractivity contribution in [1.29, 1.82) is 0 Å². The van der Waals surface area contributed by atoms with E-state index >= 15 is 0 Å². The lowest BCUT2D eigenvalue weighted by molar-refractivity contribution is -0.115. The van der Waals surface area contributed by atoms with Gasteiger partial charge in [0.15, 0.2) is 5.11 Å². The highest BCUT2D eigenvalue weighted by atomic mass is 35.5. The van der Waals surface area contributed by atoms with E-state index in [9.17, 15) is 13.2 Å². The molecule has 1 saturated carbocycles. The molecule has 0 bridgehead atoms. The summed E-state index contributed by atoms with van der Waals surface area (Å²) in [6.45, 7) is 0. The largest absolute Gasteiger partial charge is 0.332 e. The van der Waals surface area contributed by atoms with Crippen molar-refractivity contribution >= 4 is 56.6 Å². The lowest BCUT2D eigenvalue weighted by atomic mass is 9.96. The van der Waals surface area contributed by atoms with Crippen LogP contribution in [0.5, 0.6) is 0 Å². The molecule has 2 aromatic carbocycles. The van der Waals surface area contributed by atoms with Crippen LogP contribution >= 0.6 is 23.8 Å². The maximum absolute atomic E-state index is 12.6. The second kappa shape index (κ2) is 10.9. The van der Waals surface area contributed by atoms with Crippen LogP contribution in [0, 0.1) is 0 Å². The lowest BCUT2D eigenvalue weighted by Gasteiger charge is -2.22. The minimum absolute atomic E-state index is 0.000249. The van der Waals surface area contributed by atoms with Gasteiger partial charge in [0.1, 0.15) is 0 Å². The number of sulfonamides is 1. The summed E-state index contributed by atoms with van der Waals surface area (Å²) in [6.07, 6.45) is 8.02. The van der Waals surface area contributed by atoms with Crippen LogP contribution in [0.15, 0.2) is 59.5 Å². The number of hydrogen-bond acceptors (Lipinski definition) is 4. The first-order valence-electron chi connectivity index (χ1n) is 10.00. The number of nitrogens with one attached hydrogen (secondary N) is 3. The fraction of sp³-hybridized carbons (Fsp3) is 0.273. The minimum Gasteiger partial charge on any atom is -0.332 e. The summed E-state index contributed by atoms with van der Waals surface area (Å²) in [5, 5.41) is 6.15. The van der Waals surface area contributed by atoms with Gasteiger partial charge in [0.2, 0.25) is 15.9 Å². The van der Waals surface area contributed by atoms with E-state index in [2.05, 4.69) is 15.4 Å². The molecule has 1 aliphatic rings. The number of amides is 1. The molecule has 3 rings (SSSR count). The highest BCUT2D eigenvalue weighted by Gasteiger charge is 2.21. The first-order valence-corrected chi connectivity index (χ1v) is 12.3. The Morgan fingerprint density at radius 3 is 2.29 bits per heavy atom. The predicted octanol–water partition coefficient (Wildman–Crippen LogP) is 4.48. The molecule has 1 amide bonds. The number of halogens is 1. The molecule has 0 heterocycles. The van der Waals surface area contributed by atoms with E-state index in [1.54, 1.807) is 42.5 Å². The van der Waals surface area contributed by atoms with Crippen molar-refractivity contribution < 1.29 is 13.2 Å². The van der Waals surface area contributed by atoms with E-state index in [1.807, 2.05) is 0 Å². The Kier molecular flexibility index (Phi) is 8.20. The predicted molar refractivity (Wildman–Crippen MR) is 128 cm³/mol. The number of thiocarbonyl (C=S) groups is 1. The van der Waals surface area contributed by atoms with Crippen LogP contribution in [0.25, 0.3) is 6.08 Å². The van der Waals surface area contributed by atoms with E-state index < -0.39 is 10.0 Å². The molecule has 0 aliphatic heterocycles. The van der Waals surface area contributed by atoms with Crippen LogP contribution < -0.4 is 15.4 Å². The van der Waals surface area contributed by atoms with Crippen molar-refractivity contribution in [3.05, 3.63) is 65.2 Å². The minimum atomic E-state index is -3.56. The van der Waals surface area contributed by atoms with E-state index in [0.29, 0.717) is 10.7 Å². The summed E-state index contributed by atoms with van der Waals surface area (Å²) in [6, 6.07) is 13.3. The van der Waals surface area contributed by atoms with Gasteiger partial charge < -0.3 is 5.32 Å². The molecule has 9 heteroatoms. The number of benzene rings is 2. The highest BCUT2D eigenvalue weighted by Crippen LogP contribution is 2.21. The number of carbonyl (C=O) groups excluding carboxylic acids is 1. The van der Waals surface area contributed by atoms with Crippen LogP contribution in [0.4, 0.5) is 5.69 Å². The zero-order valence-corrected chi connectivity index (χ0v) is 19.2. The summed E-state index contributed by atoms with van der Waals surface area (Å²) in [4.78, 5) is 12.2. The van der Waals surface area contributed by atoms with Crippen molar-refractivity contribution in [2.75, 3.05) is 5.32 Å². The number of hydrogen-bond donors (Lipinski definition) is 3. The zero-order chi connectivity index (χ0) is 22.3. The van der Waals surface area contributed by atoms with Crippen molar-refractivity contribution in [3.63, 3.8) is 0 Å². The van der Waals surface area contributed by atoms with Gasteiger partial charge in [-0.05, 0) is 73.1 Å². The number of anilines is 1. The van der Waals surface area contributed by atoms with Gasteiger partial charge in [0.25, 0.3) is 0 Å². The van der Waals surface area contributed by atoms with Crippen LogP contribution in [-0.4, -0.2) is 25.5 Å². The Morgan fingerprint density at radius 1 is 1.00 bits per heavy atom. The van der Waals surface area contributed by atoms with Crippen molar-refractivity contribution in [2.24, 2.45) is 0 Å². The molecule has 3 N–H and O–H groups in total. The summed E-state index contributed by atoms with van der Waals surface area (Å²) in [5.74, 6) is -0.386. The summed E-state index contributed by atoms with van der Waals surface area (Å²) in [5.41, 5.74) is 1.40. The van der Waals surface area contributed by atoms with Gasteiger partial charge in [-0.15, -0.1) is 0 Å². The van der Waals surface area contributed by atoms with Gasteiger partial charge in [-0.25, -0.2) is 13.1 Å². The Morgan fingerprint density at radius 2 is 1.65 bits per heavy atom. The SMILES string of the molecule is O=C(/C=C/c1ccc(Cl)cc1)NC(=S)Nc1ccc(S(=O)(=O)NC2CCCCC2)cc1. The Hall–Kier alpha value is -2.26. The third-order valence-electron chi connectivity index (χ3n) is 4.88. The molecule has 31 heavy (non-hydrogen) atoms. The van der Waals surface area contributed by atoms with Crippen LogP contribution in [0.3, 0.4) is 0 Å². The lowest BCUT2D eigenvalue weighted by Crippen LogP contribution is -2.36. The van der Waals surface area contributed by atoms with Crippen LogP contribution in [-0.2, 0) is 14.8 Å². The quantitative estimate of drug-likeness (QED) is 0.422. The summed E-state index contributed by atoms with van der Waals surface area (Å²) < 4.78 is 27.9. The van der Waals surface area contributed by atoms with Gasteiger partial charge >= 0.3 is 0 Å². The zero-order valence-electron chi connectivity index (χ0n) is 16.8. The molecule has 0 spiro atoms. The molecular weight excluding hydrogens is 454 g/mol. The van der Waals surface area contributed by atoms with Crippen molar-refractivity contribution in [3.8, 4) is 0 Å². The van der Waals surface area contributed by atoms with E-state index in [4.69, 9.17) is 23.8 Å². The molecule has 0 saturated heterocycles.